The van der Waals surface area contributed by atoms with E-state index in [0.717, 1.165) is 11.6 Å². The first kappa shape index (κ1) is 17.7. The normalized spacial score (nSPS) is 13.1. The number of carbonyl (C=O) groups is 2. The van der Waals surface area contributed by atoms with Crippen molar-refractivity contribution < 1.29 is 19.4 Å². The van der Waals surface area contributed by atoms with Crippen LogP contribution in [0.4, 0.5) is 4.79 Å². The highest BCUT2D eigenvalue weighted by Gasteiger charge is 2.25. The average Bonchev–Trinajstić information content (AvgIpc) is 2.51. The molecular formula is C16H22N2O4. The molecule has 0 bridgehead atoms. The van der Waals surface area contributed by atoms with Crippen molar-refractivity contribution >= 4 is 12.0 Å². The Bertz CT molecular complexity index is 502. The summed E-state index contributed by atoms with van der Waals surface area (Å²) in [5, 5.41) is 14.8. The van der Waals surface area contributed by atoms with Crippen LogP contribution >= 0.6 is 0 Å². The molecule has 3 N–H and O–H groups in total. The average molecular weight is 306 g/mol. The molecule has 0 heterocycles. The number of aliphatic hydroxyl groups excluding tert-OH is 1. The zero-order valence-electron chi connectivity index (χ0n) is 12.8. The molecule has 1 aromatic carbocycles. The summed E-state index contributed by atoms with van der Waals surface area (Å²) >= 11 is 0. The Hall–Kier alpha value is -2.34. The predicted octanol–water partition coefficient (Wildman–Crippen LogP) is 1.56. The van der Waals surface area contributed by atoms with Crippen molar-refractivity contribution in [2.45, 2.75) is 32.7 Å². The van der Waals surface area contributed by atoms with Gasteiger partial charge in [-0.2, -0.15) is 0 Å². The number of benzene rings is 1. The van der Waals surface area contributed by atoms with Gasteiger partial charge in [-0.25, -0.2) is 4.79 Å². The van der Waals surface area contributed by atoms with E-state index in [-0.39, 0.29) is 12.5 Å². The number of nitrogens with one attached hydrogen (secondary N) is 2. The summed E-state index contributed by atoms with van der Waals surface area (Å²) in [6.45, 7) is 7.06. The van der Waals surface area contributed by atoms with Crippen LogP contribution in [-0.2, 0) is 16.1 Å². The molecule has 0 radical (unpaired) electrons. The lowest BCUT2D eigenvalue weighted by Gasteiger charge is -2.27. The summed E-state index contributed by atoms with van der Waals surface area (Å²) < 4.78 is 5.10. The van der Waals surface area contributed by atoms with Crippen molar-refractivity contribution in [1.29, 1.82) is 0 Å². The van der Waals surface area contributed by atoms with Gasteiger partial charge in [0.25, 0.3) is 0 Å². The van der Waals surface area contributed by atoms with Crippen molar-refractivity contribution in [3.05, 3.63) is 48.6 Å². The molecule has 2 atom stereocenters. The molecular weight excluding hydrogens is 284 g/mol. The lowest BCUT2D eigenvalue weighted by atomic mass is 10.0. The Morgan fingerprint density at radius 1 is 1.27 bits per heavy atom. The van der Waals surface area contributed by atoms with Crippen LogP contribution in [0.2, 0.25) is 0 Å². The summed E-state index contributed by atoms with van der Waals surface area (Å²) in [7, 11) is 0. The maximum Gasteiger partial charge on any atom is 0.407 e. The number of alkyl carbamates (subject to hydrolysis) is 1. The number of hydrogen-bond donors (Lipinski definition) is 3. The van der Waals surface area contributed by atoms with Gasteiger partial charge in [-0.15, -0.1) is 0 Å². The van der Waals surface area contributed by atoms with Gasteiger partial charge in [0, 0.05) is 0 Å². The predicted molar refractivity (Wildman–Crippen MR) is 82.7 cm³/mol. The van der Waals surface area contributed by atoms with E-state index >= 15 is 0 Å². The second-order valence-electron chi connectivity index (χ2n) is 5.13. The summed E-state index contributed by atoms with van der Waals surface area (Å²) in [5.41, 5.74) is 0.860. The molecule has 120 valence electrons. The van der Waals surface area contributed by atoms with Gasteiger partial charge in [-0.3, -0.25) is 4.79 Å². The monoisotopic (exact) mass is 306 g/mol. The first-order valence-electron chi connectivity index (χ1n) is 7.02. The van der Waals surface area contributed by atoms with E-state index in [0.29, 0.717) is 0 Å². The Balaban J connectivity index is 2.53. The second-order valence-corrected chi connectivity index (χ2v) is 5.13. The third-order valence-corrected chi connectivity index (χ3v) is 3.03. The minimum Gasteiger partial charge on any atom is -0.445 e. The summed E-state index contributed by atoms with van der Waals surface area (Å²) in [4.78, 5) is 23.0. The van der Waals surface area contributed by atoms with Crippen LogP contribution in [-0.4, -0.2) is 29.4 Å². The van der Waals surface area contributed by atoms with Gasteiger partial charge >= 0.3 is 6.09 Å². The summed E-state index contributed by atoms with van der Waals surface area (Å²) in [5.74, 6) is -0.623. The number of amides is 2. The molecule has 1 unspecified atom stereocenters. The van der Waals surface area contributed by atoms with Crippen LogP contribution in [0.15, 0.2) is 43.0 Å². The van der Waals surface area contributed by atoms with E-state index in [1.54, 1.807) is 0 Å². The van der Waals surface area contributed by atoms with Crippen LogP contribution in [0.5, 0.6) is 0 Å². The maximum atomic E-state index is 11.8. The number of ether oxygens (including phenoxy) is 1. The van der Waals surface area contributed by atoms with E-state index in [1.165, 1.54) is 0 Å². The van der Waals surface area contributed by atoms with Crippen LogP contribution in [0.3, 0.4) is 0 Å². The first-order chi connectivity index (χ1) is 10.4. The fourth-order valence-corrected chi connectivity index (χ4v) is 1.81. The second kappa shape index (κ2) is 8.84. The molecule has 0 aromatic heterocycles. The van der Waals surface area contributed by atoms with E-state index < -0.39 is 24.3 Å². The highest BCUT2D eigenvalue weighted by atomic mass is 16.5. The molecule has 0 aliphatic heterocycles. The molecule has 0 fully saturated rings. The topological polar surface area (TPSA) is 87.7 Å². The molecule has 0 aliphatic carbocycles. The van der Waals surface area contributed by atoms with Gasteiger partial charge < -0.3 is 20.5 Å². The molecule has 0 saturated heterocycles. The van der Waals surface area contributed by atoms with Gasteiger partial charge in [0.1, 0.15) is 12.8 Å². The third kappa shape index (κ3) is 5.97. The summed E-state index contributed by atoms with van der Waals surface area (Å²) in [6, 6.07) is 8.58. The fourth-order valence-electron chi connectivity index (χ4n) is 1.81. The Morgan fingerprint density at radius 3 is 2.45 bits per heavy atom. The van der Waals surface area contributed by atoms with E-state index in [4.69, 9.17) is 4.74 Å². The SMILES string of the molecule is C=CC(=O)NC(O)[C@@H](NC(=O)OCc1ccccc1)C(C)C. The smallest absolute Gasteiger partial charge is 0.407 e. The van der Waals surface area contributed by atoms with Gasteiger partial charge in [-0.05, 0) is 17.6 Å². The van der Waals surface area contributed by atoms with Crippen LogP contribution in [0.1, 0.15) is 19.4 Å². The Morgan fingerprint density at radius 2 is 1.91 bits per heavy atom. The van der Waals surface area contributed by atoms with E-state index in [2.05, 4.69) is 17.2 Å². The lowest BCUT2D eigenvalue weighted by Crippen LogP contribution is -2.54. The van der Waals surface area contributed by atoms with Gasteiger partial charge in [-0.1, -0.05) is 50.8 Å². The maximum absolute atomic E-state index is 11.8. The highest BCUT2D eigenvalue weighted by molar-refractivity contribution is 5.87. The fraction of sp³-hybridized carbons (Fsp3) is 0.375. The standard InChI is InChI=1S/C16H22N2O4/c1-4-13(19)17-15(20)14(11(2)3)18-16(21)22-10-12-8-6-5-7-9-12/h4-9,11,14-15,20H,1,10H2,2-3H3,(H,17,19)(H,18,21)/t14-,15?/m0/s1. The van der Waals surface area contributed by atoms with Crippen LogP contribution < -0.4 is 10.6 Å². The number of hydrogen-bond acceptors (Lipinski definition) is 4. The van der Waals surface area contributed by atoms with Gasteiger partial charge in [0.15, 0.2) is 0 Å². The molecule has 0 spiro atoms. The van der Waals surface area contributed by atoms with Crippen LogP contribution in [0, 0.1) is 5.92 Å². The lowest BCUT2D eigenvalue weighted by molar-refractivity contribution is -0.120. The molecule has 22 heavy (non-hydrogen) atoms. The molecule has 6 heteroatoms. The molecule has 6 nitrogen and oxygen atoms in total. The highest BCUT2D eigenvalue weighted by Crippen LogP contribution is 2.07. The van der Waals surface area contributed by atoms with Crippen molar-refractivity contribution in [2.75, 3.05) is 0 Å². The largest absolute Gasteiger partial charge is 0.445 e. The Kier molecular flexibility index (Phi) is 7.12. The molecule has 1 rings (SSSR count). The summed E-state index contributed by atoms with van der Waals surface area (Å²) in [6.07, 6.45) is -0.835. The Labute approximate surface area is 130 Å². The van der Waals surface area contributed by atoms with Gasteiger partial charge in [0.2, 0.25) is 5.91 Å². The quantitative estimate of drug-likeness (QED) is 0.527. The minimum atomic E-state index is -1.23. The number of carbonyl (C=O) groups excluding carboxylic acids is 2. The zero-order valence-corrected chi connectivity index (χ0v) is 12.8. The molecule has 0 saturated carbocycles. The van der Waals surface area contributed by atoms with Crippen LogP contribution in [0.25, 0.3) is 0 Å². The van der Waals surface area contributed by atoms with Crippen molar-refractivity contribution in [1.82, 2.24) is 10.6 Å². The minimum absolute atomic E-state index is 0.107. The first-order valence-corrected chi connectivity index (χ1v) is 7.02. The van der Waals surface area contributed by atoms with E-state index in [1.807, 2.05) is 44.2 Å². The number of aliphatic hydroxyl groups is 1. The third-order valence-electron chi connectivity index (χ3n) is 3.03. The zero-order chi connectivity index (χ0) is 16.5. The van der Waals surface area contributed by atoms with Gasteiger partial charge in [0.05, 0.1) is 6.04 Å². The molecule has 2 amide bonds. The van der Waals surface area contributed by atoms with Crippen molar-refractivity contribution in [3.8, 4) is 0 Å². The number of rotatable bonds is 7. The van der Waals surface area contributed by atoms with E-state index in [9.17, 15) is 14.7 Å². The molecule has 1 aromatic rings. The van der Waals surface area contributed by atoms with Crippen molar-refractivity contribution in [2.24, 2.45) is 5.92 Å². The van der Waals surface area contributed by atoms with Crippen molar-refractivity contribution in [3.63, 3.8) is 0 Å². The molecule has 0 aliphatic rings.